The Balaban J connectivity index is 2.50. The number of ether oxygens (including phenoxy) is 1. The number of esters is 1. The van der Waals surface area contributed by atoms with Crippen LogP contribution in [0.15, 0.2) is 30.3 Å². The van der Waals surface area contributed by atoms with E-state index < -0.39 is 17.7 Å². The number of carbonyl (C=O) groups excluding carboxylic acids is 1. The van der Waals surface area contributed by atoms with Gasteiger partial charge in [0.05, 0.1) is 12.2 Å². The maximum atomic E-state index is 12.8. The Labute approximate surface area is 119 Å². The molecule has 1 aromatic carbocycles. The SMILES string of the molecule is CCOC(=O)c1[nH]c(C)cc1-c1cccc(C(F)(F)F)c1. The minimum absolute atomic E-state index is 0.161. The van der Waals surface area contributed by atoms with Gasteiger partial charge in [-0.25, -0.2) is 4.79 Å². The van der Waals surface area contributed by atoms with E-state index in [2.05, 4.69) is 4.98 Å². The van der Waals surface area contributed by atoms with Crippen molar-refractivity contribution in [2.75, 3.05) is 6.61 Å². The first kappa shape index (κ1) is 15.2. The van der Waals surface area contributed by atoms with E-state index in [-0.39, 0.29) is 12.3 Å². The van der Waals surface area contributed by atoms with Gasteiger partial charge in [-0.2, -0.15) is 13.2 Å². The lowest BCUT2D eigenvalue weighted by atomic mass is 10.0. The molecule has 2 rings (SSSR count). The van der Waals surface area contributed by atoms with Gasteiger partial charge >= 0.3 is 12.1 Å². The highest BCUT2D eigenvalue weighted by molar-refractivity contribution is 5.96. The zero-order valence-electron chi connectivity index (χ0n) is 11.5. The second-order valence-electron chi connectivity index (χ2n) is 4.54. The minimum Gasteiger partial charge on any atom is -0.461 e. The number of aryl methyl sites for hydroxylation is 1. The van der Waals surface area contributed by atoms with Crippen molar-refractivity contribution in [2.24, 2.45) is 0 Å². The fraction of sp³-hybridized carbons (Fsp3) is 0.267. The first-order valence-corrected chi connectivity index (χ1v) is 6.37. The fourth-order valence-corrected chi connectivity index (χ4v) is 2.04. The van der Waals surface area contributed by atoms with Crippen molar-refractivity contribution in [1.82, 2.24) is 4.98 Å². The van der Waals surface area contributed by atoms with E-state index in [0.29, 0.717) is 16.8 Å². The molecule has 0 spiro atoms. The van der Waals surface area contributed by atoms with Crippen molar-refractivity contribution < 1.29 is 22.7 Å². The highest BCUT2D eigenvalue weighted by Gasteiger charge is 2.31. The van der Waals surface area contributed by atoms with Crippen LogP contribution in [0.3, 0.4) is 0 Å². The number of rotatable bonds is 3. The molecule has 6 heteroatoms. The summed E-state index contributed by atoms with van der Waals surface area (Å²) in [5, 5.41) is 0. The smallest absolute Gasteiger partial charge is 0.416 e. The molecule has 0 atom stereocenters. The number of aromatic nitrogens is 1. The third-order valence-corrected chi connectivity index (χ3v) is 2.93. The third-order valence-electron chi connectivity index (χ3n) is 2.93. The van der Waals surface area contributed by atoms with Crippen LogP contribution in [-0.2, 0) is 10.9 Å². The maximum absolute atomic E-state index is 12.8. The molecule has 0 aliphatic carbocycles. The van der Waals surface area contributed by atoms with E-state index in [4.69, 9.17) is 4.74 Å². The Morgan fingerprint density at radius 3 is 2.62 bits per heavy atom. The molecule has 0 unspecified atom stereocenters. The van der Waals surface area contributed by atoms with E-state index in [1.807, 2.05) is 0 Å². The number of aromatic amines is 1. The molecule has 1 heterocycles. The first-order chi connectivity index (χ1) is 9.82. The number of carbonyl (C=O) groups is 1. The monoisotopic (exact) mass is 297 g/mol. The molecule has 0 saturated carbocycles. The summed E-state index contributed by atoms with van der Waals surface area (Å²) in [6.07, 6.45) is -4.43. The van der Waals surface area contributed by atoms with Gasteiger partial charge < -0.3 is 9.72 Å². The van der Waals surface area contributed by atoms with Gasteiger partial charge in [-0.05, 0) is 37.6 Å². The maximum Gasteiger partial charge on any atom is 0.416 e. The summed E-state index contributed by atoms with van der Waals surface area (Å²) in [4.78, 5) is 14.7. The van der Waals surface area contributed by atoms with E-state index >= 15 is 0 Å². The predicted octanol–water partition coefficient (Wildman–Crippen LogP) is 4.19. The average Bonchev–Trinajstić information content (AvgIpc) is 2.80. The summed E-state index contributed by atoms with van der Waals surface area (Å²) >= 11 is 0. The lowest BCUT2D eigenvalue weighted by Gasteiger charge is -2.09. The molecule has 1 N–H and O–H groups in total. The molecule has 0 aliphatic heterocycles. The van der Waals surface area contributed by atoms with Crippen LogP contribution < -0.4 is 0 Å². The van der Waals surface area contributed by atoms with Crippen LogP contribution in [0.2, 0.25) is 0 Å². The van der Waals surface area contributed by atoms with Gasteiger partial charge in [0.2, 0.25) is 0 Å². The van der Waals surface area contributed by atoms with Gasteiger partial charge in [-0.15, -0.1) is 0 Å². The number of hydrogen-bond acceptors (Lipinski definition) is 2. The summed E-state index contributed by atoms with van der Waals surface area (Å²) in [6.45, 7) is 3.58. The third kappa shape index (κ3) is 3.26. The number of alkyl halides is 3. The Hall–Kier alpha value is -2.24. The second-order valence-corrected chi connectivity index (χ2v) is 4.54. The zero-order chi connectivity index (χ0) is 15.6. The van der Waals surface area contributed by atoms with Crippen molar-refractivity contribution >= 4 is 5.97 Å². The Kier molecular flexibility index (Phi) is 4.06. The molecule has 1 aromatic heterocycles. The van der Waals surface area contributed by atoms with Crippen molar-refractivity contribution in [3.05, 3.63) is 47.3 Å². The second kappa shape index (κ2) is 5.63. The summed E-state index contributed by atoms with van der Waals surface area (Å²) in [5.41, 5.74) is 0.794. The van der Waals surface area contributed by atoms with Crippen LogP contribution >= 0.6 is 0 Å². The molecule has 21 heavy (non-hydrogen) atoms. The number of H-pyrrole nitrogens is 1. The first-order valence-electron chi connectivity index (χ1n) is 6.37. The fourth-order valence-electron chi connectivity index (χ4n) is 2.04. The lowest BCUT2D eigenvalue weighted by molar-refractivity contribution is -0.137. The van der Waals surface area contributed by atoms with Gasteiger partial charge in [0.1, 0.15) is 5.69 Å². The number of benzene rings is 1. The van der Waals surface area contributed by atoms with Crippen molar-refractivity contribution in [1.29, 1.82) is 0 Å². The highest BCUT2D eigenvalue weighted by Crippen LogP contribution is 2.33. The number of nitrogens with one attached hydrogen (secondary N) is 1. The highest BCUT2D eigenvalue weighted by atomic mass is 19.4. The predicted molar refractivity (Wildman–Crippen MR) is 71.9 cm³/mol. The molecule has 2 aromatic rings. The molecule has 0 amide bonds. The summed E-state index contributed by atoms with van der Waals surface area (Å²) in [7, 11) is 0. The molecular formula is C15H14F3NO2. The van der Waals surface area contributed by atoms with Gasteiger partial charge in [0, 0.05) is 11.3 Å². The molecule has 0 radical (unpaired) electrons. The van der Waals surface area contributed by atoms with Gasteiger partial charge in [-0.1, -0.05) is 12.1 Å². The standard InChI is InChI=1S/C15H14F3NO2/c1-3-21-14(20)13-12(7-9(2)19-13)10-5-4-6-11(8-10)15(16,17)18/h4-8,19H,3H2,1-2H3. The zero-order valence-corrected chi connectivity index (χ0v) is 11.5. The van der Waals surface area contributed by atoms with Crippen LogP contribution in [0, 0.1) is 6.92 Å². The van der Waals surface area contributed by atoms with Gasteiger partial charge in [-0.3, -0.25) is 0 Å². The summed E-state index contributed by atoms with van der Waals surface area (Å²) < 4.78 is 43.2. The quantitative estimate of drug-likeness (QED) is 0.863. The van der Waals surface area contributed by atoms with Crippen molar-refractivity contribution in [3.63, 3.8) is 0 Å². The average molecular weight is 297 g/mol. The molecule has 0 aliphatic rings. The largest absolute Gasteiger partial charge is 0.461 e. The van der Waals surface area contributed by atoms with E-state index in [9.17, 15) is 18.0 Å². The van der Waals surface area contributed by atoms with Gasteiger partial charge in [0.15, 0.2) is 0 Å². The number of hydrogen-bond donors (Lipinski definition) is 1. The van der Waals surface area contributed by atoms with Crippen molar-refractivity contribution in [3.8, 4) is 11.1 Å². The normalized spacial score (nSPS) is 11.5. The Bertz CT molecular complexity index is 659. The van der Waals surface area contributed by atoms with Crippen LogP contribution in [-0.4, -0.2) is 17.6 Å². The Morgan fingerprint density at radius 1 is 1.29 bits per heavy atom. The van der Waals surface area contributed by atoms with Gasteiger partial charge in [0.25, 0.3) is 0 Å². The minimum atomic E-state index is -4.43. The molecule has 3 nitrogen and oxygen atoms in total. The van der Waals surface area contributed by atoms with Crippen LogP contribution in [0.25, 0.3) is 11.1 Å². The lowest BCUT2D eigenvalue weighted by Crippen LogP contribution is -2.07. The van der Waals surface area contributed by atoms with E-state index in [0.717, 1.165) is 12.1 Å². The number of halogens is 3. The summed E-state index contributed by atoms with van der Waals surface area (Å²) in [6, 6.07) is 6.48. The Morgan fingerprint density at radius 2 is 2.00 bits per heavy atom. The molecule has 0 bridgehead atoms. The molecule has 0 fully saturated rings. The van der Waals surface area contributed by atoms with Crippen LogP contribution in [0.5, 0.6) is 0 Å². The molecule has 0 saturated heterocycles. The summed E-state index contributed by atoms with van der Waals surface area (Å²) in [5.74, 6) is -0.585. The van der Waals surface area contributed by atoms with E-state index in [1.54, 1.807) is 19.9 Å². The van der Waals surface area contributed by atoms with Crippen molar-refractivity contribution in [2.45, 2.75) is 20.0 Å². The topological polar surface area (TPSA) is 42.1 Å². The van der Waals surface area contributed by atoms with E-state index in [1.165, 1.54) is 12.1 Å². The van der Waals surface area contributed by atoms with Crippen LogP contribution in [0.4, 0.5) is 13.2 Å². The molecular weight excluding hydrogens is 283 g/mol. The van der Waals surface area contributed by atoms with Crippen LogP contribution in [0.1, 0.15) is 28.7 Å². The molecule has 112 valence electrons.